The van der Waals surface area contributed by atoms with Crippen LogP contribution in [0, 0.1) is 0 Å². The second-order valence-corrected chi connectivity index (χ2v) is 4.60. The molecule has 1 rings (SSSR count). The number of amides is 2. The number of nitrogens with zero attached hydrogens (tertiary/aromatic N) is 1. The summed E-state index contributed by atoms with van der Waals surface area (Å²) in [5, 5.41) is 11.6. The van der Waals surface area contributed by atoms with Crippen LogP contribution in [0.5, 0.6) is 0 Å². The van der Waals surface area contributed by atoms with E-state index < -0.39 is 17.5 Å². The maximum Gasteiger partial charge on any atom is 0.323 e. The lowest BCUT2D eigenvalue weighted by Crippen LogP contribution is -2.53. The van der Waals surface area contributed by atoms with Crippen LogP contribution in [0.1, 0.15) is 13.3 Å². The van der Waals surface area contributed by atoms with Crippen LogP contribution in [0.2, 0.25) is 0 Å². The Morgan fingerprint density at radius 1 is 1.56 bits per heavy atom. The van der Waals surface area contributed by atoms with Gasteiger partial charge in [-0.3, -0.25) is 4.79 Å². The Hall–Kier alpha value is -1.34. The van der Waals surface area contributed by atoms with Gasteiger partial charge < -0.3 is 24.8 Å². The fourth-order valence-corrected chi connectivity index (χ4v) is 1.72. The molecule has 7 heteroatoms. The third-order valence-corrected chi connectivity index (χ3v) is 2.81. The molecule has 0 spiro atoms. The van der Waals surface area contributed by atoms with E-state index in [-0.39, 0.29) is 13.1 Å². The molecular weight excluding hydrogens is 240 g/mol. The number of hydrogen-bond donors (Lipinski definition) is 2. The summed E-state index contributed by atoms with van der Waals surface area (Å²) < 4.78 is 10.1. The third-order valence-electron chi connectivity index (χ3n) is 2.81. The first-order valence-electron chi connectivity index (χ1n) is 5.82. The molecule has 0 aliphatic carbocycles. The van der Waals surface area contributed by atoms with Gasteiger partial charge in [-0.05, 0) is 13.3 Å². The topological polar surface area (TPSA) is 88.1 Å². The Morgan fingerprint density at radius 2 is 2.28 bits per heavy atom. The number of methoxy groups -OCH3 is 1. The summed E-state index contributed by atoms with van der Waals surface area (Å²) in [5.41, 5.74) is -0.416. The van der Waals surface area contributed by atoms with Gasteiger partial charge in [0.15, 0.2) is 0 Å². The molecule has 1 aliphatic heterocycles. The Labute approximate surface area is 106 Å². The fraction of sp³-hybridized carbons (Fsp3) is 0.818. The molecule has 0 bridgehead atoms. The summed E-state index contributed by atoms with van der Waals surface area (Å²) in [5.74, 6) is -1.05. The first-order chi connectivity index (χ1) is 8.47. The lowest BCUT2D eigenvalue weighted by Gasteiger charge is -2.28. The molecule has 2 amide bonds. The van der Waals surface area contributed by atoms with Crippen LogP contribution >= 0.6 is 0 Å². The summed E-state index contributed by atoms with van der Waals surface area (Å²) in [6, 6.07) is -0.401. The van der Waals surface area contributed by atoms with Gasteiger partial charge in [0.1, 0.15) is 6.54 Å². The highest BCUT2D eigenvalue weighted by atomic mass is 16.5. The summed E-state index contributed by atoms with van der Waals surface area (Å²) >= 11 is 0. The quantitative estimate of drug-likeness (QED) is 0.696. The predicted molar refractivity (Wildman–Crippen MR) is 63.5 cm³/mol. The Balaban J connectivity index is 2.54. The second kappa shape index (κ2) is 6.55. The minimum absolute atomic E-state index is 0.242. The molecule has 1 heterocycles. The van der Waals surface area contributed by atoms with Crippen LogP contribution in [0.4, 0.5) is 4.79 Å². The Bertz CT molecular complexity index is 302. The number of nitrogens with one attached hydrogen (secondary N) is 1. The van der Waals surface area contributed by atoms with Crippen molar-refractivity contribution in [2.75, 3.05) is 40.0 Å². The van der Waals surface area contributed by atoms with Gasteiger partial charge in [-0.15, -0.1) is 0 Å². The maximum atomic E-state index is 12.0. The van der Waals surface area contributed by atoms with Crippen molar-refractivity contribution < 1.29 is 24.2 Å². The lowest BCUT2D eigenvalue weighted by atomic mass is 10.0. The molecule has 0 radical (unpaired) electrons. The molecular formula is C11H20N2O5. The SMILES string of the molecule is COCCN(CC(=O)O)C(=O)NC1(C)CCOC1. The van der Waals surface area contributed by atoms with Gasteiger partial charge in [-0.1, -0.05) is 0 Å². The van der Waals surface area contributed by atoms with Crippen LogP contribution in [0.15, 0.2) is 0 Å². The van der Waals surface area contributed by atoms with Gasteiger partial charge in [-0.2, -0.15) is 0 Å². The van der Waals surface area contributed by atoms with E-state index in [1.807, 2.05) is 6.92 Å². The van der Waals surface area contributed by atoms with Gasteiger partial charge in [0.2, 0.25) is 0 Å². The lowest BCUT2D eigenvalue weighted by molar-refractivity contribution is -0.137. The number of hydrogen-bond acceptors (Lipinski definition) is 4. The molecule has 18 heavy (non-hydrogen) atoms. The minimum Gasteiger partial charge on any atom is -0.480 e. The zero-order valence-electron chi connectivity index (χ0n) is 10.8. The number of rotatable bonds is 6. The van der Waals surface area contributed by atoms with Gasteiger partial charge >= 0.3 is 12.0 Å². The van der Waals surface area contributed by atoms with Gasteiger partial charge in [0, 0.05) is 20.3 Å². The molecule has 0 aromatic heterocycles. The maximum absolute atomic E-state index is 12.0. The Kier molecular flexibility index (Phi) is 5.36. The molecule has 1 aliphatic rings. The van der Waals surface area contributed by atoms with Crippen molar-refractivity contribution in [3.63, 3.8) is 0 Å². The summed E-state index contributed by atoms with van der Waals surface area (Å²) in [4.78, 5) is 23.9. The van der Waals surface area contributed by atoms with Crippen LogP contribution in [0.3, 0.4) is 0 Å². The molecule has 1 unspecified atom stereocenters. The molecule has 1 atom stereocenters. The summed E-state index contributed by atoms with van der Waals surface area (Å²) in [7, 11) is 1.50. The largest absolute Gasteiger partial charge is 0.480 e. The van der Waals surface area contributed by atoms with Gasteiger partial charge in [0.05, 0.1) is 18.8 Å². The molecule has 104 valence electrons. The van der Waals surface area contributed by atoms with E-state index in [0.717, 1.165) is 6.42 Å². The second-order valence-electron chi connectivity index (χ2n) is 4.60. The molecule has 0 aromatic rings. The molecule has 1 fully saturated rings. The van der Waals surface area contributed by atoms with Crippen molar-refractivity contribution in [3.05, 3.63) is 0 Å². The van der Waals surface area contributed by atoms with E-state index >= 15 is 0 Å². The third kappa shape index (κ3) is 4.50. The summed E-state index contributed by atoms with van der Waals surface area (Å²) in [6.45, 7) is 3.14. The van der Waals surface area contributed by atoms with Crippen LogP contribution in [-0.4, -0.2) is 67.6 Å². The van der Waals surface area contributed by atoms with E-state index in [4.69, 9.17) is 14.6 Å². The average Bonchev–Trinajstić information content (AvgIpc) is 2.70. The van der Waals surface area contributed by atoms with Gasteiger partial charge in [-0.25, -0.2) is 4.79 Å². The number of carboxylic acid groups (broad SMARTS) is 1. The first kappa shape index (κ1) is 14.7. The zero-order chi connectivity index (χ0) is 13.6. The van der Waals surface area contributed by atoms with Gasteiger partial charge in [0.25, 0.3) is 0 Å². The Morgan fingerprint density at radius 3 is 2.78 bits per heavy atom. The highest BCUT2D eigenvalue weighted by Crippen LogP contribution is 2.17. The van der Waals surface area contributed by atoms with Crippen molar-refractivity contribution in [1.29, 1.82) is 0 Å². The smallest absolute Gasteiger partial charge is 0.323 e. The first-order valence-corrected chi connectivity index (χ1v) is 5.82. The van der Waals surface area contributed by atoms with Crippen molar-refractivity contribution in [3.8, 4) is 0 Å². The molecule has 0 aromatic carbocycles. The summed E-state index contributed by atoms with van der Waals surface area (Å²) in [6.07, 6.45) is 0.726. The van der Waals surface area contributed by atoms with Crippen LogP contribution in [-0.2, 0) is 14.3 Å². The van der Waals surface area contributed by atoms with E-state index in [2.05, 4.69) is 5.32 Å². The highest BCUT2D eigenvalue weighted by Gasteiger charge is 2.33. The van der Waals surface area contributed by atoms with Crippen LogP contribution in [0.25, 0.3) is 0 Å². The molecule has 0 saturated carbocycles. The van der Waals surface area contributed by atoms with Crippen LogP contribution < -0.4 is 5.32 Å². The van der Waals surface area contributed by atoms with Crippen molar-refractivity contribution in [2.45, 2.75) is 18.9 Å². The number of carboxylic acids is 1. The number of aliphatic carboxylic acids is 1. The number of carbonyl (C=O) groups is 2. The van der Waals surface area contributed by atoms with Crippen molar-refractivity contribution >= 4 is 12.0 Å². The number of carbonyl (C=O) groups excluding carboxylic acids is 1. The van der Waals surface area contributed by atoms with Crippen molar-refractivity contribution in [1.82, 2.24) is 10.2 Å². The van der Waals surface area contributed by atoms with Crippen molar-refractivity contribution in [2.24, 2.45) is 0 Å². The predicted octanol–water partition coefficient (Wildman–Crippen LogP) is -0.0920. The normalized spacial score (nSPS) is 22.8. The zero-order valence-corrected chi connectivity index (χ0v) is 10.8. The van der Waals surface area contributed by atoms with E-state index in [1.165, 1.54) is 12.0 Å². The standard InChI is InChI=1S/C11H20N2O5/c1-11(3-5-18-8-11)12-10(16)13(4-6-17-2)7-9(14)15/h3-8H2,1-2H3,(H,12,16)(H,14,15). The minimum atomic E-state index is -1.05. The van der Waals surface area contributed by atoms with E-state index in [9.17, 15) is 9.59 Å². The fourth-order valence-electron chi connectivity index (χ4n) is 1.72. The molecule has 2 N–H and O–H groups in total. The average molecular weight is 260 g/mol. The molecule has 1 saturated heterocycles. The monoisotopic (exact) mass is 260 g/mol. The van der Waals surface area contributed by atoms with E-state index in [0.29, 0.717) is 19.8 Å². The molecule has 7 nitrogen and oxygen atoms in total. The number of urea groups is 1. The van der Waals surface area contributed by atoms with E-state index in [1.54, 1.807) is 0 Å². The highest BCUT2D eigenvalue weighted by molar-refractivity contribution is 5.80. The number of ether oxygens (including phenoxy) is 2.